The fraction of sp³-hybridized carbons (Fsp3) is 0.367. The van der Waals surface area contributed by atoms with E-state index in [0.29, 0.717) is 29.2 Å². The van der Waals surface area contributed by atoms with Crippen molar-refractivity contribution in [2.24, 2.45) is 0 Å². The summed E-state index contributed by atoms with van der Waals surface area (Å²) in [5.41, 5.74) is 7.57. The minimum Gasteiger partial charge on any atom is -0.382 e. The van der Waals surface area contributed by atoms with Gasteiger partial charge in [0.05, 0.1) is 17.5 Å². The van der Waals surface area contributed by atoms with E-state index in [1.54, 1.807) is 30.5 Å². The van der Waals surface area contributed by atoms with E-state index in [2.05, 4.69) is 25.6 Å². The summed E-state index contributed by atoms with van der Waals surface area (Å²) >= 11 is 0. The van der Waals surface area contributed by atoms with Crippen molar-refractivity contribution in [2.45, 2.75) is 62.8 Å². The third-order valence-electron chi connectivity index (χ3n) is 7.96. The van der Waals surface area contributed by atoms with Crippen LogP contribution in [0.3, 0.4) is 0 Å². The van der Waals surface area contributed by atoms with E-state index in [0.717, 1.165) is 62.7 Å². The van der Waals surface area contributed by atoms with Crippen molar-refractivity contribution in [1.29, 1.82) is 0 Å². The van der Waals surface area contributed by atoms with Crippen LogP contribution in [0.15, 0.2) is 55.0 Å². The molecule has 1 aromatic carbocycles. The predicted molar refractivity (Wildman–Crippen MR) is 152 cm³/mol. The van der Waals surface area contributed by atoms with Crippen molar-refractivity contribution in [3.8, 4) is 11.3 Å². The van der Waals surface area contributed by atoms with Crippen molar-refractivity contribution >= 4 is 29.0 Å². The number of benzene rings is 1. The van der Waals surface area contributed by atoms with Gasteiger partial charge >= 0.3 is 6.18 Å². The molecule has 0 radical (unpaired) electrons. The topological polar surface area (TPSA) is 137 Å². The molecule has 224 valence electrons. The molecule has 2 amide bonds. The van der Waals surface area contributed by atoms with Crippen LogP contribution in [0.5, 0.6) is 0 Å². The summed E-state index contributed by atoms with van der Waals surface area (Å²) in [6, 6.07) is 8.14. The molecule has 4 aromatic rings. The molecule has 1 aliphatic heterocycles. The third kappa shape index (κ3) is 6.17. The van der Waals surface area contributed by atoms with Gasteiger partial charge in [-0.1, -0.05) is 18.6 Å². The number of anilines is 2. The molecule has 1 unspecified atom stereocenters. The Hall–Kier alpha value is -4.52. The number of nitrogen functional groups attached to an aromatic ring is 1. The van der Waals surface area contributed by atoms with Gasteiger partial charge in [0.15, 0.2) is 0 Å². The molecule has 3 aromatic heterocycles. The number of rotatable bonds is 6. The minimum absolute atomic E-state index is 0.0336. The zero-order chi connectivity index (χ0) is 30.1. The van der Waals surface area contributed by atoms with Gasteiger partial charge in [0, 0.05) is 42.1 Å². The summed E-state index contributed by atoms with van der Waals surface area (Å²) in [4.78, 5) is 38.3. The predicted octanol–water partition coefficient (Wildman–Crippen LogP) is 4.97. The second kappa shape index (κ2) is 11.6. The van der Waals surface area contributed by atoms with E-state index in [1.165, 1.54) is 0 Å². The summed E-state index contributed by atoms with van der Waals surface area (Å²) in [7, 11) is 0. The first kappa shape index (κ1) is 28.6. The Labute approximate surface area is 244 Å². The Balaban J connectivity index is 1.18. The van der Waals surface area contributed by atoms with Gasteiger partial charge in [-0.05, 0) is 56.4 Å². The fourth-order valence-electron chi connectivity index (χ4n) is 5.77. The van der Waals surface area contributed by atoms with Gasteiger partial charge < -0.3 is 21.1 Å². The highest BCUT2D eigenvalue weighted by atomic mass is 19.4. The number of hydrogen-bond acceptors (Lipinski definition) is 7. The van der Waals surface area contributed by atoms with Crippen LogP contribution < -0.4 is 16.4 Å². The lowest BCUT2D eigenvalue weighted by molar-refractivity contribution is -0.137. The first-order valence-corrected chi connectivity index (χ1v) is 14.2. The monoisotopic (exact) mass is 593 g/mol. The highest BCUT2D eigenvalue weighted by Gasteiger charge is 2.32. The summed E-state index contributed by atoms with van der Waals surface area (Å²) in [5, 5.41) is 5.57. The Morgan fingerprint density at radius 2 is 1.86 bits per heavy atom. The zero-order valence-corrected chi connectivity index (χ0v) is 23.1. The Morgan fingerprint density at radius 3 is 2.60 bits per heavy atom. The number of nitrogens with two attached hydrogens (primary N) is 1. The molecule has 2 aliphatic rings. The first-order valence-electron chi connectivity index (χ1n) is 14.2. The molecule has 13 heteroatoms. The molecule has 6 rings (SSSR count). The van der Waals surface area contributed by atoms with Crippen LogP contribution in [-0.2, 0) is 15.7 Å². The van der Waals surface area contributed by atoms with Crippen molar-refractivity contribution in [2.75, 3.05) is 17.7 Å². The van der Waals surface area contributed by atoms with Crippen LogP contribution in [0.1, 0.15) is 66.2 Å². The van der Waals surface area contributed by atoms with Crippen LogP contribution in [0, 0.1) is 0 Å². The van der Waals surface area contributed by atoms with E-state index in [-0.39, 0.29) is 35.4 Å². The number of nitrogens with one attached hydrogen (secondary N) is 2. The smallest absolute Gasteiger partial charge is 0.382 e. The Morgan fingerprint density at radius 1 is 1.05 bits per heavy atom. The van der Waals surface area contributed by atoms with E-state index in [4.69, 9.17) is 10.5 Å². The van der Waals surface area contributed by atoms with Gasteiger partial charge in [-0.2, -0.15) is 13.2 Å². The number of pyridine rings is 1. The molecule has 4 heterocycles. The van der Waals surface area contributed by atoms with Gasteiger partial charge in [-0.3, -0.25) is 14.0 Å². The summed E-state index contributed by atoms with van der Waals surface area (Å²) in [6.07, 6.45) is 4.80. The molecule has 43 heavy (non-hydrogen) atoms. The number of aromatic nitrogens is 4. The molecule has 10 nitrogen and oxygen atoms in total. The summed E-state index contributed by atoms with van der Waals surface area (Å²) < 4.78 is 46.5. The second-order valence-electron chi connectivity index (χ2n) is 10.9. The van der Waals surface area contributed by atoms with Crippen LogP contribution in [0.2, 0.25) is 0 Å². The molecule has 4 N–H and O–H groups in total. The molecule has 0 bridgehead atoms. The number of imidazole rings is 1. The SMILES string of the molecule is Nc1nc(-c2ccc(C(=O)Nc3cc(C(F)(F)F)ccn3)cc2)cn2c([C@@H]3CCC[C@@H](NC(=O)C4CCCO4)C3)ncc12. The largest absolute Gasteiger partial charge is 0.416 e. The second-order valence-corrected chi connectivity index (χ2v) is 10.9. The maximum Gasteiger partial charge on any atom is 0.416 e. The summed E-state index contributed by atoms with van der Waals surface area (Å²) in [5.74, 6) is 0.398. The van der Waals surface area contributed by atoms with Crippen molar-refractivity contribution < 1.29 is 27.5 Å². The van der Waals surface area contributed by atoms with Crippen molar-refractivity contribution in [3.63, 3.8) is 0 Å². The average molecular weight is 594 g/mol. The number of hydrogen-bond donors (Lipinski definition) is 3. The standard InChI is InChI=1S/C30H30F3N7O3/c31-30(32,33)20-10-11-35-25(14-20)39-28(41)18-8-6-17(7-9-18)22-16-40-23(26(34)38-22)15-36-27(40)19-3-1-4-21(13-19)37-29(42)24-5-2-12-43-24/h6-11,14-16,19,21,24H,1-5,12-13H2,(H2,34,38)(H,37,42)(H,35,39,41)/t19-,21-,24?/m1/s1. The average Bonchev–Trinajstić information content (AvgIpc) is 3.68. The molecule has 2 fully saturated rings. The third-order valence-corrected chi connectivity index (χ3v) is 7.96. The lowest BCUT2D eigenvalue weighted by atomic mass is 9.85. The Kier molecular flexibility index (Phi) is 7.74. The van der Waals surface area contributed by atoms with Crippen molar-refractivity contribution in [1.82, 2.24) is 24.7 Å². The number of nitrogens with zero attached hydrogens (tertiary/aromatic N) is 4. The van der Waals surface area contributed by atoms with Gasteiger partial charge in [0.2, 0.25) is 5.91 Å². The fourth-order valence-corrected chi connectivity index (χ4v) is 5.77. The van der Waals surface area contributed by atoms with Crippen LogP contribution in [-0.4, -0.2) is 49.9 Å². The van der Waals surface area contributed by atoms with Gasteiger partial charge in [-0.15, -0.1) is 0 Å². The molecule has 1 aliphatic carbocycles. The number of carbonyl (C=O) groups excluding carboxylic acids is 2. The molecular weight excluding hydrogens is 563 g/mol. The number of halogens is 3. The number of alkyl halides is 3. The van der Waals surface area contributed by atoms with Crippen LogP contribution in [0.25, 0.3) is 16.8 Å². The first-order chi connectivity index (χ1) is 20.7. The zero-order valence-electron chi connectivity index (χ0n) is 23.1. The van der Waals surface area contributed by atoms with Gasteiger partial charge in [0.1, 0.15) is 29.1 Å². The van der Waals surface area contributed by atoms with Crippen molar-refractivity contribution in [3.05, 3.63) is 71.9 Å². The number of amides is 2. The number of fused-ring (bicyclic) bond motifs is 1. The number of carbonyl (C=O) groups is 2. The lowest BCUT2D eigenvalue weighted by Crippen LogP contribution is -2.43. The normalized spacial score (nSPS) is 20.7. The van der Waals surface area contributed by atoms with Gasteiger partial charge in [0.25, 0.3) is 5.91 Å². The maximum atomic E-state index is 13.0. The quantitative estimate of drug-likeness (QED) is 0.287. The van der Waals surface area contributed by atoms with Crippen LogP contribution in [0.4, 0.5) is 24.8 Å². The maximum absolute atomic E-state index is 13.0. The minimum atomic E-state index is -4.55. The Bertz CT molecular complexity index is 1650. The highest BCUT2D eigenvalue weighted by Crippen LogP contribution is 2.34. The number of ether oxygens (including phenoxy) is 1. The molecule has 0 spiro atoms. The highest BCUT2D eigenvalue weighted by molar-refractivity contribution is 6.04. The van der Waals surface area contributed by atoms with E-state index in [1.807, 2.05) is 10.6 Å². The molecule has 1 saturated carbocycles. The molecule has 3 atom stereocenters. The molecular formula is C30H30F3N7O3. The lowest BCUT2D eigenvalue weighted by Gasteiger charge is -2.30. The summed E-state index contributed by atoms with van der Waals surface area (Å²) in [6.45, 7) is 0.621. The van der Waals surface area contributed by atoms with E-state index < -0.39 is 17.6 Å². The van der Waals surface area contributed by atoms with Gasteiger partial charge in [-0.25, -0.2) is 15.0 Å². The van der Waals surface area contributed by atoms with E-state index >= 15 is 0 Å². The van der Waals surface area contributed by atoms with E-state index in [9.17, 15) is 22.8 Å². The van der Waals surface area contributed by atoms with Crippen LogP contribution >= 0.6 is 0 Å². The molecule has 1 saturated heterocycles.